The predicted molar refractivity (Wildman–Crippen MR) is 364 cm³/mol. The number of esters is 1. The van der Waals surface area contributed by atoms with Crippen molar-refractivity contribution in [3.63, 3.8) is 0 Å². The van der Waals surface area contributed by atoms with E-state index in [1.54, 1.807) is 6.92 Å². The summed E-state index contributed by atoms with van der Waals surface area (Å²) in [5.74, 6) is -7.63. The summed E-state index contributed by atoms with van der Waals surface area (Å²) in [7, 11) is 2.88. The maximum absolute atomic E-state index is 16.5. The molecule has 11 fully saturated rings. The van der Waals surface area contributed by atoms with Crippen LogP contribution in [0.4, 0.5) is 0 Å². The van der Waals surface area contributed by atoms with Gasteiger partial charge in [-0.2, -0.15) is 0 Å². The van der Waals surface area contributed by atoms with E-state index in [1.807, 2.05) is 0 Å². The Morgan fingerprint density at radius 3 is 1.85 bits per heavy atom. The Labute approximate surface area is 635 Å². The number of nitrogens with zero attached hydrogens (tertiary/aromatic N) is 1. The lowest BCUT2D eigenvalue weighted by Crippen LogP contribution is -2.84. The molecule has 110 heavy (non-hydrogen) atoms. The number of ether oxygens (including phenoxy) is 15. The van der Waals surface area contributed by atoms with Crippen LogP contribution in [0, 0.1) is 50.2 Å². The first kappa shape index (κ1) is 86.0. The zero-order valence-corrected chi connectivity index (χ0v) is 63.2. The van der Waals surface area contributed by atoms with Gasteiger partial charge in [-0.15, -0.1) is 0 Å². The maximum atomic E-state index is 16.5. The maximum Gasteiger partial charge on any atom is 0.335 e. The standard InChI is InChI=1S/C73H115NO36/c1-30-54(105-62-50(89)43(82)33(78)26-99-62)48(87)49(88)59(101-30)73(60-56(109-73)46(85)42(35(24-75)102-60)74(8)41(81)28-98-21-20-97-19-18-96-9)110-66(95)72-17-16-67(2,3)22-32(72)31-10-11-38-68(4)14-13-40(69(5,29-77)37(68)12-15-70(38,6)71(31,7)23-39(72)80)104-65-58(108-64-52(91)47(86)45(84)36(25-76)103-64)55(53(92)57(107-65)61(93)94)106-63-51(90)44(83)34(79)27-100-63/h10,29-30,32-40,42-60,62-65,75-76,78-80,82-92H,11-28H2,1-9H3,(H,93,94)/t30?,32?,33-,34-,35?,36?,37-,38?,39?,40+,42+,43?,44+,45+,46?,47+,48?,49?,50?,51?,52?,53+,54+,55+,56?,57?,58?,59-,60-,62+,63+,64+,65-,68?,69-,70+,71-,72-,73?/m1/s1. The molecule has 0 radical (unpaired) electrons. The van der Waals surface area contributed by atoms with Gasteiger partial charge in [-0.1, -0.05) is 53.2 Å². The van der Waals surface area contributed by atoms with E-state index in [9.17, 15) is 101 Å². The Morgan fingerprint density at radius 1 is 0.600 bits per heavy atom. The van der Waals surface area contributed by atoms with Gasteiger partial charge in [0.25, 0.3) is 5.79 Å². The number of allylic oxidation sites excluding steroid dienone is 2. The van der Waals surface area contributed by atoms with Crippen molar-refractivity contribution in [1.82, 2.24) is 4.90 Å². The topological polar surface area (TPSA) is 554 Å². The van der Waals surface area contributed by atoms with Crippen molar-refractivity contribution in [2.45, 2.75) is 296 Å². The summed E-state index contributed by atoms with van der Waals surface area (Å²) in [5.41, 5.74) is -5.30. The zero-order chi connectivity index (χ0) is 80.2. The Hall–Kier alpha value is -3.38. The number of fused-ring (bicyclic) bond motifs is 8. The van der Waals surface area contributed by atoms with E-state index in [2.05, 4.69) is 40.7 Å². The van der Waals surface area contributed by atoms with Gasteiger partial charge in [0.15, 0.2) is 43.5 Å². The lowest BCUT2D eigenvalue weighted by molar-refractivity contribution is -0.474. The monoisotopic (exact) mass is 1580 g/mol. The van der Waals surface area contributed by atoms with Gasteiger partial charge in [-0.05, 0) is 104 Å². The molecule has 17 N–H and O–H groups in total. The molecule has 7 saturated heterocycles. The highest BCUT2D eigenvalue weighted by Gasteiger charge is 2.78. The van der Waals surface area contributed by atoms with E-state index < -0.39 is 285 Å². The summed E-state index contributed by atoms with van der Waals surface area (Å²) in [6.45, 7) is 11.0. The molecule has 7 heterocycles. The molecule has 5 aliphatic carbocycles. The van der Waals surface area contributed by atoms with E-state index in [-0.39, 0.29) is 45.0 Å². The highest BCUT2D eigenvalue weighted by Crippen LogP contribution is 2.76. The van der Waals surface area contributed by atoms with Gasteiger partial charge in [0.1, 0.15) is 134 Å². The van der Waals surface area contributed by atoms with Crippen LogP contribution in [0.5, 0.6) is 0 Å². The highest BCUT2D eigenvalue weighted by atomic mass is 16.8. The quantitative estimate of drug-likeness (QED) is 0.0141. The van der Waals surface area contributed by atoms with Crippen LogP contribution in [0.2, 0.25) is 0 Å². The number of carboxylic acid groups (broad SMARTS) is 1. The molecule has 0 aromatic carbocycles. The molecule has 1 amide bonds. The van der Waals surface area contributed by atoms with Crippen molar-refractivity contribution in [2.75, 3.05) is 73.6 Å². The Bertz CT molecular complexity index is 3250. The van der Waals surface area contributed by atoms with Crippen molar-refractivity contribution >= 4 is 24.1 Å². The van der Waals surface area contributed by atoms with E-state index in [0.717, 1.165) is 16.8 Å². The van der Waals surface area contributed by atoms with Gasteiger partial charge in [-0.25, -0.2) is 4.79 Å². The van der Waals surface area contributed by atoms with Gasteiger partial charge in [-0.3, -0.25) is 9.59 Å². The molecule has 628 valence electrons. The number of aldehydes is 1. The minimum absolute atomic E-state index is 0.0207. The first-order valence-electron chi connectivity index (χ1n) is 38.2. The second kappa shape index (κ2) is 32.8. The largest absolute Gasteiger partial charge is 0.479 e. The fourth-order valence-corrected chi connectivity index (χ4v) is 21.0. The fraction of sp³-hybridized carbons (Fsp3) is 0.918. The number of likely N-dealkylation sites (N-methyl/N-ethyl adjacent to an activating group) is 1. The lowest BCUT2D eigenvalue weighted by atomic mass is 9.33. The molecule has 0 aromatic heterocycles. The van der Waals surface area contributed by atoms with Crippen LogP contribution < -0.4 is 0 Å². The van der Waals surface area contributed by atoms with Crippen molar-refractivity contribution in [2.24, 2.45) is 50.2 Å². The van der Waals surface area contributed by atoms with Crippen LogP contribution in [0.15, 0.2) is 11.6 Å². The Balaban J connectivity index is 0.843. The second-order valence-electron chi connectivity index (χ2n) is 34.2. The molecule has 18 unspecified atom stereocenters. The molecular weight excluding hydrogens is 1470 g/mol. The SMILES string of the molecule is COCCOCCOCC(=O)N(C)[C@H]1C(CO)O[C@@H]2C(OC2(OC(=O)[C@]23CCC(C)(C)CC2C2=CCC4C5(C)CC[C@H](O[C@@H]6OC(C(=O)O)[C@@H](O)[C@H](O[C@@H]7OC[C@@H](O)[C@H](O)C7O)C6O[C@@H]6OC(CO)[C@H](O)[C@H](O)C6O)[C@](C)(C=O)[C@@H]5CC[C@]4(C)[C@]2(C)CC3O)[C@@H]2OC(C)[C@H](O[C@@H]3OC[C@@H](O)C(O)C3O)C(O)C2O)C1O. The number of carbonyl (C=O) groups excluding carboxylic acids is 3. The van der Waals surface area contributed by atoms with Crippen molar-refractivity contribution in [3.8, 4) is 0 Å². The first-order chi connectivity index (χ1) is 51.8. The van der Waals surface area contributed by atoms with Gasteiger partial charge in [0.05, 0.1) is 82.6 Å². The molecule has 37 nitrogen and oxygen atoms in total. The summed E-state index contributed by atoms with van der Waals surface area (Å²) in [5, 5.41) is 191. The average Bonchev–Trinajstić information content (AvgIpc) is 0.671. The minimum atomic E-state index is -2.64. The van der Waals surface area contributed by atoms with Gasteiger partial charge < -0.3 is 168 Å². The van der Waals surface area contributed by atoms with E-state index in [4.69, 9.17) is 71.1 Å². The van der Waals surface area contributed by atoms with Crippen molar-refractivity contribution in [1.29, 1.82) is 0 Å². The Morgan fingerprint density at radius 2 is 1.22 bits per heavy atom. The number of aliphatic hydroxyl groups is 16. The third kappa shape index (κ3) is 14.6. The zero-order valence-electron chi connectivity index (χ0n) is 63.2. The van der Waals surface area contributed by atoms with Crippen LogP contribution >= 0.6 is 0 Å². The van der Waals surface area contributed by atoms with Crippen LogP contribution in [0.1, 0.15) is 106 Å². The van der Waals surface area contributed by atoms with Crippen LogP contribution in [-0.2, 0) is 90.2 Å². The number of rotatable bonds is 24. The third-order valence-electron chi connectivity index (χ3n) is 27.6. The number of methoxy groups -OCH3 is 1. The lowest BCUT2D eigenvalue weighted by Gasteiger charge is -2.71. The smallest absolute Gasteiger partial charge is 0.335 e. The number of hydrogen-bond donors (Lipinski definition) is 17. The molecule has 12 rings (SSSR count). The second-order valence-corrected chi connectivity index (χ2v) is 34.2. The van der Waals surface area contributed by atoms with Crippen molar-refractivity contribution < 1.29 is 177 Å². The summed E-state index contributed by atoms with van der Waals surface area (Å²) < 4.78 is 90.4. The predicted octanol–water partition coefficient (Wildman–Crippen LogP) is -5.90. The number of aliphatic hydroxyl groups excluding tert-OH is 16. The number of aliphatic carboxylic acids is 1. The fourth-order valence-electron chi connectivity index (χ4n) is 21.0. The molecule has 4 saturated carbocycles. The Kier molecular flexibility index (Phi) is 25.7. The number of amides is 1. The number of carbonyl (C=O) groups is 4. The average molecular weight is 1580 g/mol. The van der Waals surface area contributed by atoms with Crippen molar-refractivity contribution in [3.05, 3.63) is 11.6 Å². The highest BCUT2D eigenvalue weighted by molar-refractivity contribution is 5.81. The molecule has 0 bridgehead atoms. The van der Waals surface area contributed by atoms with Gasteiger partial charge >= 0.3 is 11.9 Å². The summed E-state index contributed by atoms with van der Waals surface area (Å²) in [4.78, 5) is 58.8. The van der Waals surface area contributed by atoms with Gasteiger partial charge in [0, 0.05) is 14.2 Å². The van der Waals surface area contributed by atoms with Gasteiger partial charge in [0.2, 0.25) is 5.91 Å². The summed E-state index contributed by atoms with van der Waals surface area (Å²) >= 11 is 0. The normalized spacial score (nSPS) is 51.2. The third-order valence-corrected chi connectivity index (χ3v) is 27.6. The van der Waals surface area contributed by atoms with Crippen LogP contribution in [-0.4, -0.2) is 379 Å². The summed E-state index contributed by atoms with van der Waals surface area (Å²) in [6, 6.07) is -1.33. The van der Waals surface area contributed by atoms with Crippen LogP contribution in [0.25, 0.3) is 0 Å². The minimum Gasteiger partial charge on any atom is -0.479 e. The number of carboxylic acids is 1. The summed E-state index contributed by atoms with van der Waals surface area (Å²) in [6.07, 6.45) is -46.8. The first-order valence-corrected chi connectivity index (χ1v) is 38.2. The molecule has 7 aliphatic heterocycles. The molecule has 12 aliphatic rings. The molecule has 37 heteroatoms. The molecule has 0 aromatic rings. The molecule has 0 spiro atoms. The van der Waals surface area contributed by atoms with E-state index in [1.165, 1.54) is 21.1 Å². The molecule has 39 atom stereocenters. The van der Waals surface area contributed by atoms with E-state index >= 15 is 4.79 Å². The van der Waals surface area contributed by atoms with E-state index in [0.29, 0.717) is 45.1 Å². The molecular formula is C73H115NO36. The number of hydrogen-bond acceptors (Lipinski definition) is 35. The van der Waals surface area contributed by atoms with Crippen LogP contribution in [0.3, 0.4) is 0 Å².